The summed E-state index contributed by atoms with van der Waals surface area (Å²) in [4.78, 5) is 44.8. The fourth-order valence-corrected chi connectivity index (χ4v) is 5.46. The molecule has 0 aliphatic carbocycles. The molecule has 2 aliphatic rings. The van der Waals surface area contributed by atoms with Crippen LogP contribution < -0.4 is 16.0 Å². The van der Waals surface area contributed by atoms with Gasteiger partial charge in [0.15, 0.2) is 0 Å². The van der Waals surface area contributed by atoms with E-state index < -0.39 is 0 Å². The molecular formula is C32H37N5O4. The Morgan fingerprint density at radius 2 is 1.83 bits per heavy atom. The minimum Gasteiger partial charge on any atom is -0.379 e. The number of carbonyl (C=O) groups excluding carboxylic acids is 3. The number of amides is 3. The Bertz CT molecular complexity index is 1470. The van der Waals surface area contributed by atoms with E-state index in [1.807, 2.05) is 51.1 Å². The van der Waals surface area contributed by atoms with Gasteiger partial charge in [0.05, 0.1) is 30.4 Å². The summed E-state index contributed by atoms with van der Waals surface area (Å²) in [6, 6.07) is 15.0. The molecule has 41 heavy (non-hydrogen) atoms. The summed E-state index contributed by atoms with van der Waals surface area (Å²) in [5, 5.41) is 9.03. The lowest BCUT2D eigenvalue weighted by Gasteiger charge is -2.26. The molecule has 1 fully saturated rings. The highest BCUT2D eigenvalue weighted by Gasteiger charge is 2.27. The molecule has 214 valence electrons. The minimum absolute atomic E-state index is 0.116. The van der Waals surface area contributed by atoms with Crippen molar-refractivity contribution in [2.24, 2.45) is 0 Å². The Hall–Kier alpha value is -4.21. The van der Waals surface area contributed by atoms with Gasteiger partial charge in [-0.1, -0.05) is 37.3 Å². The number of hydrogen-bond donors (Lipinski definition) is 4. The maximum absolute atomic E-state index is 13.2. The highest BCUT2D eigenvalue weighted by Crippen LogP contribution is 2.35. The van der Waals surface area contributed by atoms with Crippen LogP contribution in [-0.4, -0.2) is 67.0 Å². The number of fused-ring (bicyclic) bond motifs is 1. The Kier molecular flexibility index (Phi) is 8.66. The maximum atomic E-state index is 13.2. The van der Waals surface area contributed by atoms with Crippen molar-refractivity contribution in [1.82, 2.24) is 20.5 Å². The van der Waals surface area contributed by atoms with Crippen molar-refractivity contribution in [2.45, 2.75) is 33.2 Å². The van der Waals surface area contributed by atoms with Crippen LogP contribution >= 0.6 is 0 Å². The third-order valence-electron chi connectivity index (χ3n) is 7.79. The van der Waals surface area contributed by atoms with Crippen LogP contribution in [-0.2, 0) is 9.53 Å². The van der Waals surface area contributed by atoms with Crippen LogP contribution in [0.25, 0.3) is 11.6 Å². The summed E-state index contributed by atoms with van der Waals surface area (Å²) >= 11 is 0. The first-order valence-corrected chi connectivity index (χ1v) is 14.2. The highest BCUT2D eigenvalue weighted by molar-refractivity contribution is 6.35. The summed E-state index contributed by atoms with van der Waals surface area (Å²) in [5.74, 6) is -0.602. The number of benzene rings is 2. The van der Waals surface area contributed by atoms with E-state index in [2.05, 4.69) is 25.8 Å². The van der Waals surface area contributed by atoms with E-state index in [4.69, 9.17) is 4.74 Å². The molecule has 2 aliphatic heterocycles. The van der Waals surface area contributed by atoms with Crippen molar-refractivity contribution in [2.75, 3.05) is 44.7 Å². The molecule has 9 heteroatoms. The third kappa shape index (κ3) is 6.26. The van der Waals surface area contributed by atoms with E-state index in [9.17, 15) is 14.4 Å². The average molecular weight is 556 g/mol. The molecule has 0 unspecified atom stereocenters. The summed E-state index contributed by atoms with van der Waals surface area (Å²) in [6.07, 6.45) is 2.51. The number of hydrogen-bond acceptors (Lipinski definition) is 5. The molecule has 2 aromatic carbocycles. The number of aryl methyl sites for hydroxylation is 1. The van der Waals surface area contributed by atoms with Gasteiger partial charge in [-0.05, 0) is 55.7 Å². The second-order valence-electron chi connectivity index (χ2n) is 10.5. The maximum Gasteiger partial charge on any atom is 0.256 e. The first kappa shape index (κ1) is 28.3. The van der Waals surface area contributed by atoms with Crippen LogP contribution in [0, 0.1) is 13.8 Å². The number of anilines is 1. The van der Waals surface area contributed by atoms with Crippen molar-refractivity contribution in [3.63, 3.8) is 0 Å². The number of H-pyrrole nitrogens is 1. The molecule has 3 heterocycles. The van der Waals surface area contributed by atoms with Crippen LogP contribution in [0.3, 0.4) is 0 Å². The Morgan fingerprint density at radius 1 is 1.07 bits per heavy atom. The molecule has 0 saturated carbocycles. The predicted octanol–water partition coefficient (Wildman–Crippen LogP) is 4.07. The molecule has 0 spiro atoms. The number of aromatic amines is 1. The van der Waals surface area contributed by atoms with Gasteiger partial charge in [0.1, 0.15) is 0 Å². The molecule has 3 amide bonds. The van der Waals surface area contributed by atoms with E-state index in [1.54, 1.807) is 24.3 Å². The first-order chi connectivity index (χ1) is 19.9. The SMILES string of the molecule is CC[C@@H](NC(=O)c1ccc2c(c1)/C(=C/c1[nH]c(C)c(C(=O)NCCN3CCOCC3)c1C)C(=O)N2)c1ccccc1. The number of nitrogens with zero attached hydrogens (tertiary/aromatic N) is 1. The zero-order valence-electron chi connectivity index (χ0n) is 23.8. The number of rotatable bonds is 9. The van der Waals surface area contributed by atoms with Crippen molar-refractivity contribution < 1.29 is 19.1 Å². The first-order valence-electron chi connectivity index (χ1n) is 14.2. The van der Waals surface area contributed by atoms with Gasteiger partial charge in [-0.25, -0.2) is 0 Å². The van der Waals surface area contributed by atoms with Crippen LogP contribution in [0.15, 0.2) is 48.5 Å². The summed E-state index contributed by atoms with van der Waals surface area (Å²) in [6.45, 7) is 10.3. The van der Waals surface area contributed by atoms with Crippen molar-refractivity contribution in [3.05, 3.63) is 87.7 Å². The minimum atomic E-state index is -0.253. The fraction of sp³-hybridized carbons (Fsp3) is 0.344. The summed E-state index contributed by atoms with van der Waals surface area (Å²) < 4.78 is 5.38. The quantitative estimate of drug-likeness (QED) is 0.297. The van der Waals surface area contributed by atoms with Crippen molar-refractivity contribution in [1.29, 1.82) is 0 Å². The van der Waals surface area contributed by atoms with Gasteiger partial charge >= 0.3 is 0 Å². The molecule has 4 N–H and O–H groups in total. The lowest BCUT2D eigenvalue weighted by Crippen LogP contribution is -2.41. The fourth-order valence-electron chi connectivity index (χ4n) is 5.46. The van der Waals surface area contributed by atoms with Crippen LogP contribution in [0.2, 0.25) is 0 Å². The Balaban J connectivity index is 1.33. The van der Waals surface area contributed by atoms with E-state index >= 15 is 0 Å². The topological polar surface area (TPSA) is 116 Å². The second kappa shape index (κ2) is 12.5. The molecule has 3 aromatic rings. The zero-order chi connectivity index (χ0) is 28.9. The molecular weight excluding hydrogens is 518 g/mol. The third-order valence-corrected chi connectivity index (χ3v) is 7.79. The van der Waals surface area contributed by atoms with Gasteiger partial charge in [0, 0.05) is 54.4 Å². The van der Waals surface area contributed by atoms with Gasteiger partial charge in [-0.2, -0.15) is 0 Å². The van der Waals surface area contributed by atoms with Crippen molar-refractivity contribution >= 4 is 35.1 Å². The van der Waals surface area contributed by atoms with Crippen LogP contribution in [0.1, 0.15) is 68.2 Å². The predicted molar refractivity (Wildman–Crippen MR) is 160 cm³/mol. The number of morpholine rings is 1. The normalized spacial score (nSPS) is 16.8. The summed E-state index contributed by atoms with van der Waals surface area (Å²) in [5.41, 5.74) is 6.02. The lowest BCUT2D eigenvalue weighted by atomic mass is 10.0. The second-order valence-corrected chi connectivity index (χ2v) is 10.5. The summed E-state index contributed by atoms with van der Waals surface area (Å²) in [7, 11) is 0. The van der Waals surface area contributed by atoms with E-state index in [-0.39, 0.29) is 23.8 Å². The zero-order valence-corrected chi connectivity index (χ0v) is 23.8. The Morgan fingerprint density at radius 3 is 2.56 bits per heavy atom. The van der Waals surface area contributed by atoms with Crippen LogP contribution in [0.4, 0.5) is 5.69 Å². The van der Waals surface area contributed by atoms with Gasteiger partial charge < -0.3 is 25.7 Å². The van der Waals surface area contributed by atoms with Crippen LogP contribution in [0.5, 0.6) is 0 Å². The molecule has 0 bridgehead atoms. The van der Waals surface area contributed by atoms with Gasteiger partial charge in [-0.15, -0.1) is 0 Å². The monoisotopic (exact) mass is 555 g/mol. The smallest absolute Gasteiger partial charge is 0.256 e. The van der Waals surface area contributed by atoms with E-state index in [0.29, 0.717) is 40.2 Å². The molecule has 0 radical (unpaired) electrons. The highest BCUT2D eigenvalue weighted by atomic mass is 16.5. The number of ether oxygens (including phenoxy) is 1. The molecule has 9 nitrogen and oxygen atoms in total. The number of aromatic nitrogens is 1. The van der Waals surface area contributed by atoms with Crippen molar-refractivity contribution in [3.8, 4) is 0 Å². The Labute approximate surface area is 240 Å². The number of carbonyl (C=O) groups is 3. The average Bonchev–Trinajstić information content (AvgIpc) is 3.45. The molecule has 1 aromatic heterocycles. The molecule has 1 saturated heterocycles. The van der Waals surface area contributed by atoms with Gasteiger partial charge in [0.25, 0.3) is 17.7 Å². The standard InChI is InChI=1S/C32H37N5O4/c1-4-26(22-8-6-5-7-9-22)35-30(38)23-10-11-27-24(18-23)25(31(39)36-27)19-28-20(2)29(21(3)34-28)32(40)33-12-13-37-14-16-41-17-15-37/h5-11,18-19,26,34H,4,12-17H2,1-3H3,(H,33,40)(H,35,38)(H,36,39)/b25-19-/t26-/m1/s1. The van der Waals surface area contributed by atoms with E-state index in [0.717, 1.165) is 56.1 Å². The number of nitrogens with one attached hydrogen (secondary N) is 4. The largest absolute Gasteiger partial charge is 0.379 e. The lowest BCUT2D eigenvalue weighted by molar-refractivity contribution is -0.110. The van der Waals surface area contributed by atoms with E-state index in [1.165, 1.54) is 0 Å². The molecule has 1 atom stereocenters. The molecule has 5 rings (SSSR count). The van der Waals surface area contributed by atoms with Gasteiger partial charge in [0.2, 0.25) is 0 Å². The van der Waals surface area contributed by atoms with Gasteiger partial charge in [-0.3, -0.25) is 19.3 Å².